The summed E-state index contributed by atoms with van der Waals surface area (Å²) in [4.78, 5) is 27.8. The Morgan fingerprint density at radius 1 is 1.18 bits per heavy atom. The molecule has 0 aromatic heterocycles. The van der Waals surface area contributed by atoms with Crippen LogP contribution in [0.25, 0.3) is 0 Å². The lowest BCUT2D eigenvalue weighted by atomic mass is 9.69. The van der Waals surface area contributed by atoms with Crippen LogP contribution in [0.2, 0.25) is 0 Å². The first-order valence-electron chi connectivity index (χ1n) is 10.3. The maximum Gasteiger partial charge on any atom is 0.317 e. The Hall–Kier alpha value is -2.11. The second-order valence-electron chi connectivity index (χ2n) is 8.64. The van der Waals surface area contributed by atoms with Crippen LogP contribution in [0.3, 0.4) is 0 Å². The molecule has 1 aliphatic carbocycles. The lowest BCUT2D eigenvalue weighted by Gasteiger charge is -2.40. The van der Waals surface area contributed by atoms with Gasteiger partial charge in [0, 0.05) is 39.1 Å². The second-order valence-corrected chi connectivity index (χ2v) is 8.64. The van der Waals surface area contributed by atoms with E-state index in [2.05, 4.69) is 12.2 Å². The van der Waals surface area contributed by atoms with Crippen LogP contribution >= 0.6 is 0 Å². The molecule has 1 aliphatic heterocycles. The molecule has 1 saturated carbocycles. The van der Waals surface area contributed by atoms with E-state index < -0.39 is 0 Å². The second kappa shape index (κ2) is 8.50. The molecule has 0 atom stereocenters. The molecule has 5 nitrogen and oxygen atoms in total. The monoisotopic (exact) mass is 389 g/mol. The van der Waals surface area contributed by atoms with Crippen LogP contribution in [-0.2, 0) is 10.2 Å². The number of carbonyl (C=O) groups is 2. The van der Waals surface area contributed by atoms with Crippen molar-refractivity contribution in [1.82, 2.24) is 15.1 Å². The van der Waals surface area contributed by atoms with Crippen LogP contribution in [0.5, 0.6) is 0 Å². The van der Waals surface area contributed by atoms with Gasteiger partial charge in [-0.05, 0) is 61.6 Å². The van der Waals surface area contributed by atoms with Crippen molar-refractivity contribution >= 4 is 11.9 Å². The smallest absolute Gasteiger partial charge is 0.317 e. The number of rotatable bonds is 3. The molecule has 3 rings (SSSR count). The largest absolute Gasteiger partial charge is 0.343 e. The maximum absolute atomic E-state index is 13.6. The van der Waals surface area contributed by atoms with Crippen LogP contribution in [0, 0.1) is 5.82 Å². The molecule has 2 fully saturated rings. The number of nitrogens with zero attached hydrogens (tertiary/aromatic N) is 2. The van der Waals surface area contributed by atoms with Crippen molar-refractivity contribution in [2.75, 3.05) is 20.1 Å². The van der Waals surface area contributed by atoms with Gasteiger partial charge in [0.2, 0.25) is 5.91 Å². The van der Waals surface area contributed by atoms with Crippen LogP contribution in [0.4, 0.5) is 9.18 Å². The summed E-state index contributed by atoms with van der Waals surface area (Å²) in [5, 5.41) is 3.18. The van der Waals surface area contributed by atoms with Gasteiger partial charge in [-0.2, -0.15) is 0 Å². The average Bonchev–Trinajstić information content (AvgIpc) is 2.69. The van der Waals surface area contributed by atoms with E-state index in [-0.39, 0.29) is 35.3 Å². The SMILES string of the molecule is CC(=O)N1CCC(N(C)C(=O)N[C@H]2CC[C@@](C)(c3cccc(F)c3)CC2)CC1. The highest BCUT2D eigenvalue weighted by molar-refractivity contribution is 5.75. The molecule has 1 saturated heterocycles. The molecule has 28 heavy (non-hydrogen) atoms. The molecule has 0 spiro atoms. The Bertz CT molecular complexity index is 707. The van der Waals surface area contributed by atoms with E-state index in [9.17, 15) is 14.0 Å². The lowest BCUT2D eigenvalue weighted by Crippen LogP contribution is -2.52. The summed E-state index contributed by atoms with van der Waals surface area (Å²) >= 11 is 0. The zero-order valence-electron chi connectivity index (χ0n) is 17.2. The predicted octanol–water partition coefficient (Wildman–Crippen LogP) is 3.68. The van der Waals surface area contributed by atoms with Crippen molar-refractivity contribution in [3.63, 3.8) is 0 Å². The summed E-state index contributed by atoms with van der Waals surface area (Å²) in [6.45, 7) is 5.21. The molecule has 1 aromatic rings. The summed E-state index contributed by atoms with van der Waals surface area (Å²) in [7, 11) is 1.85. The number of nitrogens with one attached hydrogen (secondary N) is 1. The molecule has 0 unspecified atom stereocenters. The zero-order chi connectivity index (χ0) is 20.3. The summed E-state index contributed by atoms with van der Waals surface area (Å²) in [6.07, 6.45) is 5.31. The molecule has 3 amide bonds. The van der Waals surface area contributed by atoms with Crippen molar-refractivity contribution < 1.29 is 14.0 Å². The van der Waals surface area contributed by atoms with Gasteiger partial charge in [-0.25, -0.2) is 9.18 Å². The number of halogens is 1. The van der Waals surface area contributed by atoms with Crippen molar-refractivity contribution in [1.29, 1.82) is 0 Å². The Morgan fingerprint density at radius 3 is 2.39 bits per heavy atom. The third-order valence-corrected chi connectivity index (χ3v) is 6.72. The number of urea groups is 1. The van der Waals surface area contributed by atoms with Gasteiger partial charge in [0.15, 0.2) is 0 Å². The molecule has 1 N–H and O–H groups in total. The highest BCUT2D eigenvalue weighted by atomic mass is 19.1. The number of carbonyl (C=O) groups excluding carboxylic acids is 2. The first-order chi connectivity index (χ1) is 13.3. The Balaban J connectivity index is 1.49. The standard InChI is InChI=1S/C22H32FN3O2/c1-16(27)26-13-9-20(10-14-26)25(3)21(28)24-19-7-11-22(2,12-8-19)17-5-4-6-18(23)15-17/h4-6,15,19-20H,7-14H2,1-3H3,(H,24,28)/t19-,22+. The number of likely N-dealkylation sites (tertiary alicyclic amines) is 1. The molecule has 0 bridgehead atoms. The lowest BCUT2D eigenvalue weighted by molar-refractivity contribution is -0.130. The molecular weight excluding hydrogens is 357 g/mol. The minimum absolute atomic E-state index is 0.0272. The number of piperidine rings is 1. The molecular formula is C22H32FN3O2. The Kier molecular flexibility index (Phi) is 6.26. The van der Waals surface area contributed by atoms with Gasteiger partial charge in [0.05, 0.1) is 0 Å². The normalized spacial score (nSPS) is 26.0. The highest BCUT2D eigenvalue weighted by Gasteiger charge is 2.34. The molecule has 2 aliphatic rings. The van der Waals surface area contributed by atoms with E-state index >= 15 is 0 Å². The van der Waals surface area contributed by atoms with Crippen molar-refractivity contribution in [2.45, 2.75) is 69.9 Å². The minimum atomic E-state index is -0.188. The van der Waals surface area contributed by atoms with E-state index in [0.29, 0.717) is 13.1 Å². The van der Waals surface area contributed by atoms with Gasteiger partial charge in [-0.3, -0.25) is 4.79 Å². The van der Waals surface area contributed by atoms with Gasteiger partial charge >= 0.3 is 6.03 Å². The zero-order valence-corrected chi connectivity index (χ0v) is 17.2. The van der Waals surface area contributed by atoms with Crippen molar-refractivity contribution in [3.8, 4) is 0 Å². The van der Waals surface area contributed by atoms with Crippen LogP contribution in [0.1, 0.15) is 57.9 Å². The third kappa shape index (κ3) is 4.65. The molecule has 1 aromatic carbocycles. The number of amides is 3. The van der Waals surface area contributed by atoms with E-state index in [4.69, 9.17) is 0 Å². The van der Waals surface area contributed by atoms with Gasteiger partial charge in [0.25, 0.3) is 0 Å². The van der Waals surface area contributed by atoms with E-state index in [1.807, 2.05) is 18.0 Å². The fourth-order valence-corrected chi connectivity index (χ4v) is 4.56. The number of benzene rings is 1. The van der Waals surface area contributed by atoms with E-state index in [1.54, 1.807) is 24.0 Å². The van der Waals surface area contributed by atoms with Crippen LogP contribution < -0.4 is 5.32 Å². The summed E-state index contributed by atoms with van der Waals surface area (Å²) in [6, 6.07) is 7.21. The maximum atomic E-state index is 13.6. The van der Waals surface area contributed by atoms with Crippen molar-refractivity contribution in [3.05, 3.63) is 35.6 Å². The topological polar surface area (TPSA) is 52.7 Å². The predicted molar refractivity (Wildman–Crippen MR) is 108 cm³/mol. The molecule has 154 valence electrons. The molecule has 1 heterocycles. The molecule has 6 heteroatoms. The van der Waals surface area contributed by atoms with Gasteiger partial charge in [-0.1, -0.05) is 19.1 Å². The summed E-state index contributed by atoms with van der Waals surface area (Å²) in [5.74, 6) is -0.0827. The van der Waals surface area contributed by atoms with Crippen LogP contribution in [-0.4, -0.2) is 54.0 Å². The van der Waals surface area contributed by atoms with E-state index in [1.165, 1.54) is 6.07 Å². The minimum Gasteiger partial charge on any atom is -0.343 e. The highest BCUT2D eigenvalue weighted by Crippen LogP contribution is 2.39. The number of hydrogen-bond acceptors (Lipinski definition) is 2. The summed E-state index contributed by atoms with van der Waals surface area (Å²) < 4.78 is 13.6. The third-order valence-electron chi connectivity index (χ3n) is 6.72. The quantitative estimate of drug-likeness (QED) is 0.857. The first kappa shape index (κ1) is 20.6. The number of hydrogen-bond donors (Lipinski definition) is 1. The van der Waals surface area contributed by atoms with Gasteiger partial charge in [0.1, 0.15) is 5.82 Å². The molecule has 0 radical (unpaired) electrons. The summed E-state index contributed by atoms with van der Waals surface area (Å²) in [5.41, 5.74) is 1.01. The average molecular weight is 390 g/mol. The van der Waals surface area contributed by atoms with E-state index in [0.717, 1.165) is 44.1 Å². The Labute approximate surface area is 167 Å². The first-order valence-corrected chi connectivity index (χ1v) is 10.3. The van der Waals surface area contributed by atoms with Crippen molar-refractivity contribution in [2.24, 2.45) is 0 Å². The Morgan fingerprint density at radius 2 is 1.82 bits per heavy atom. The van der Waals surface area contributed by atoms with Gasteiger partial charge < -0.3 is 15.1 Å². The van der Waals surface area contributed by atoms with Crippen LogP contribution in [0.15, 0.2) is 24.3 Å². The fourth-order valence-electron chi connectivity index (χ4n) is 4.56. The van der Waals surface area contributed by atoms with Gasteiger partial charge in [-0.15, -0.1) is 0 Å². The fraction of sp³-hybridized carbons (Fsp3) is 0.636.